The van der Waals surface area contributed by atoms with Crippen molar-refractivity contribution in [1.29, 1.82) is 0 Å². The molecule has 2 saturated heterocycles. The van der Waals surface area contributed by atoms with Gasteiger partial charge in [0.05, 0.1) is 22.8 Å². The minimum absolute atomic E-state index is 0.194. The van der Waals surface area contributed by atoms with Crippen LogP contribution in [-0.2, 0) is 16.6 Å². The van der Waals surface area contributed by atoms with Crippen LogP contribution in [0.1, 0.15) is 50.1 Å². The second kappa shape index (κ2) is 6.58. The van der Waals surface area contributed by atoms with E-state index in [0.717, 1.165) is 22.3 Å². The van der Waals surface area contributed by atoms with Gasteiger partial charge in [0.1, 0.15) is 0 Å². The van der Waals surface area contributed by atoms with Crippen LogP contribution in [0.4, 0.5) is 5.69 Å². The van der Waals surface area contributed by atoms with Crippen molar-refractivity contribution in [2.75, 3.05) is 18.4 Å². The number of aryl methyl sites for hydroxylation is 1. The van der Waals surface area contributed by atoms with Gasteiger partial charge in [-0.15, -0.1) is 0 Å². The van der Waals surface area contributed by atoms with E-state index in [0.29, 0.717) is 24.3 Å². The van der Waals surface area contributed by atoms with E-state index in [1.807, 2.05) is 23.9 Å². The number of anilines is 1. The fourth-order valence-electron chi connectivity index (χ4n) is 5.12. The molecule has 3 aliphatic rings. The average molecular weight is 381 g/mol. The third-order valence-electron chi connectivity index (χ3n) is 6.87. The van der Waals surface area contributed by atoms with Crippen LogP contribution in [-0.4, -0.2) is 40.7 Å². The number of imide groups is 1. The van der Waals surface area contributed by atoms with E-state index in [-0.39, 0.29) is 17.7 Å². The molecular weight excluding hydrogens is 354 g/mol. The van der Waals surface area contributed by atoms with Gasteiger partial charge in [0.25, 0.3) is 0 Å². The molecule has 1 unspecified atom stereocenters. The van der Waals surface area contributed by atoms with Crippen molar-refractivity contribution in [3.8, 4) is 0 Å². The first-order chi connectivity index (χ1) is 13.5. The molecule has 1 atom stereocenters. The van der Waals surface area contributed by atoms with Crippen LogP contribution in [0.25, 0.3) is 10.9 Å². The molecule has 1 saturated carbocycles. The number of amides is 2. The van der Waals surface area contributed by atoms with Gasteiger partial charge in [0, 0.05) is 38.0 Å². The Hall–Kier alpha value is -2.41. The molecule has 0 bridgehead atoms. The maximum absolute atomic E-state index is 12.4. The summed E-state index contributed by atoms with van der Waals surface area (Å²) in [5.41, 5.74) is 3.44. The fraction of sp³-hybridized carbons (Fsp3) is 0.571. The Morgan fingerprint density at radius 3 is 2.64 bits per heavy atom. The minimum atomic E-state index is -0.364. The van der Waals surface area contributed by atoms with Gasteiger partial charge >= 0.3 is 0 Å². The van der Waals surface area contributed by atoms with Gasteiger partial charge in [-0.3, -0.25) is 19.6 Å². The van der Waals surface area contributed by atoms with Crippen molar-refractivity contribution in [3.05, 3.63) is 23.9 Å². The minimum Gasteiger partial charge on any atom is -0.381 e. The highest BCUT2D eigenvalue weighted by Gasteiger charge is 2.40. The Morgan fingerprint density at radius 2 is 1.96 bits per heavy atom. The third kappa shape index (κ3) is 2.89. The summed E-state index contributed by atoms with van der Waals surface area (Å²) in [5, 5.41) is 15.3. The van der Waals surface area contributed by atoms with E-state index < -0.39 is 0 Å². The summed E-state index contributed by atoms with van der Waals surface area (Å²) in [6.45, 7) is 2.35. The SMILES string of the molecule is Cn1nc(C2CCC(=O)NC2=O)c2cccc(NC3CCC4(CC3)CNC4)c21. The van der Waals surface area contributed by atoms with Crippen LogP contribution in [0, 0.1) is 5.41 Å². The molecule has 2 aromatic rings. The molecule has 5 rings (SSSR count). The zero-order chi connectivity index (χ0) is 19.3. The van der Waals surface area contributed by atoms with Gasteiger partial charge in [-0.05, 0) is 43.6 Å². The first-order valence-corrected chi connectivity index (χ1v) is 10.3. The number of hydrogen-bond donors (Lipinski definition) is 3. The predicted octanol–water partition coefficient (Wildman–Crippen LogP) is 2.04. The van der Waals surface area contributed by atoms with Crippen LogP contribution < -0.4 is 16.0 Å². The van der Waals surface area contributed by atoms with Gasteiger partial charge in [0.2, 0.25) is 11.8 Å². The lowest BCUT2D eigenvalue weighted by Gasteiger charge is -2.47. The Kier molecular flexibility index (Phi) is 4.16. The highest BCUT2D eigenvalue weighted by atomic mass is 16.2. The monoisotopic (exact) mass is 381 g/mol. The summed E-state index contributed by atoms with van der Waals surface area (Å²) in [6.07, 6.45) is 5.82. The molecule has 7 nitrogen and oxygen atoms in total. The first-order valence-electron chi connectivity index (χ1n) is 10.3. The topological polar surface area (TPSA) is 88.0 Å². The summed E-state index contributed by atoms with van der Waals surface area (Å²) < 4.78 is 1.87. The molecule has 148 valence electrons. The van der Waals surface area contributed by atoms with E-state index in [9.17, 15) is 9.59 Å². The average Bonchev–Trinajstić information content (AvgIpc) is 2.99. The van der Waals surface area contributed by atoms with Crippen molar-refractivity contribution in [3.63, 3.8) is 0 Å². The molecule has 2 amide bonds. The molecule has 1 spiro atoms. The molecule has 1 aromatic carbocycles. The Morgan fingerprint density at radius 1 is 1.18 bits per heavy atom. The van der Waals surface area contributed by atoms with Crippen LogP contribution >= 0.6 is 0 Å². The second-order valence-corrected chi connectivity index (χ2v) is 8.74. The fourth-order valence-corrected chi connectivity index (χ4v) is 5.12. The highest BCUT2D eigenvalue weighted by molar-refractivity contribution is 6.03. The second-order valence-electron chi connectivity index (χ2n) is 8.74. The molecule has 1 aliphatic carbocycles. The van der Waals surface area contributed by atoms with E-state index >= 15 is 0 Å². The van der Waals surface area contributed by atoms with E-state index in [1.54, 1.807) is 0 Å². The number of fused-ring (bicyclic) bond motifs is 1. The first kappa shape index (κ1) is 17.7. The molecule has 0 radical (unpaired) electrons. The number of rotatable bonds is 3. The molecular formula is C21H27N5O2. The number of carbonyl (C=O) groups is 2. The molecule has 3 fully saturated rings. The Balaban J connectivity index is 1.41. The summed E-state index contributed by atoms with van der Waals surface area (Å²) >= 11 is 0. The number of nitrogens with zero attached hydrogens (tertiary/aromatic N) is 2. The zero-order valence-electron chi connectivity index (χ0n) is 16.3. The van der Waals surface area contributed by atoms with Crippen LogP contribution in [0.2, 0.25) is 0 Å². The number of para-hydroxylation sites is 1. The molecule has 3 N–H and O–H groups in total. The number of piperidine rings is 1. The van der Waals surface area contributed by atoms with Crippen LogP contribution in [0.3, 0.4) is 0 Å². The molecule has 3 heterocycles. The van der Waals surface area contributed by atoms with Gasteiger partial charge < -0.3 is 10.6 Å². The molecule has 1 aromatic heterocycles. The van der Waals surface area contributed by atoms with E-state index in [2.05, 4.69) is 27.1 Å². The quantitative estimate of drug-likeness (QED) is 0.708. The zero-order valence-corrected chi connectivity index (χ0v) is 16.3. The number of nitrogens with one attached hydrogen (secondary N) is 3. The maximum Gasteiger partial charge on any atom is 0.235 e. The van der Waals surface area contributed by atoms with Crippen molar-refractivity contribution in [1.82, 2.24) is 20.4 Å². The summed E-state index contributed by atoms with van der Waals surface area (Å²) in [4.78, 5) is 23.8. The number of benzene rings is 1. The standard InChI is InChI=1S/C21H27N5O2/c1-26-19-14(18(25-26)15-5-6-17(27)24-20(15)28)3-2-4-16(19)23-13-7-9-21(10-8-13)11-22-12-21/h2-4,13,15,22-23H,5-12H2,1H3,(H,24,27,28). The van der Waals surface area contributed by atoms with E-state index in [1.165, 1.54) is 38.8 Å². The summed E-state index contributed by atoms with van der Waals surface area (Å²) in [6, 6.07) is 6.64. The third-order valence-corrected chi connectivity index (χ3v) is 6.87. The normalized spacial score (nSPS) is 25.0. The molecule has 28 heavy (non-hydrogen) atoms. The largest absolute Gasteiger partial charge is 0.381 e. The van der Waals surface area contributed by atoms with Crippen molar-refractivity contribution >= 4 is 28.4 Å². The van der Waals surface area contributed by atoms with Crippen LogP contribution in [0.15, 0.2) is 18.2 Å². The molecule has 7 heteroatoms. The van der Waals surface area contributed by atoms with Crippen molar-refractivity contribution in [2.45, 2.75) is 50.5 Å². The van der Waals surface area contributed by atoms with Gasteiger partial charge in [0.15, 0.2) is 0 Å². The van der Waals surface area contributed by atoms with Gasteiger partial charge in [-0.1, -0.05) is 12.1 Å². The summed E-state index contributed by atoms with van der Waals surface area (Å²) in [5.74, 6) is -0.792. The smallest absolute Gasteiger partial charge is 0.235 e. The van der Waals surface area contributed by atoms with Gasteiger partial charge in [-0.25, -0.2) is 0 Å². The number of carbonyl (C=O) groups excluding carboxylic acids is 2. The van der Waals surface area contributed by atoms with Crippen LogP contribution in [0.5, 0.6) is 0 Å². The lowest BCUT2D eigenvalue weighted by Crippen LogP contribution is -2.55. The summed E-state index contributed by atoms with van der Waals surface area (Å²) in [7, 11) is 1.93. The highest BCUT2D eigenvalue weighted by Crippen LogP contribution is 2.41. The maximum atomic E-state index is 12.4. The van der Waals surface area contributed by atoms with Crippen molar-refractivity contribution < 1.29 is 9.59 Å². The number of hydrogen-bond acceptors (Lipinski definition) is 5. The van der Waals surface area contributed by atoms with E-state index in [4.69, 9.17) is 0 Å². The lowest BCUT2D eigenvalue weighted by molar-refractivity contribution is -0.134. The molecule has 2 aliphatic heterocycles. The number of aromatic nitrogens is 2. The van der Waals surface area contributed by atoms with Gasteiger partial charge in [-0.2, -0.15) is 5.10 Å². The Labute approximate surface area is 164 Å². The lowest BCUT2D eigenvalue weighted by atomic mass is 9.68. The predicted molar refractivity (Wildman–Crippen MR) is 107 cm³/mol. The Bertz CT molecular complexity index is 936. The van der Waals surface area contributed by atoms with Crippen molar-refractivity contribution in [2.24, 2.45) is 12.5 Å².